The third-order valence-electron chi connectivity index (χ3n) is 0.889. The molecule has 0 aliphatic rings. The van der Waals surface area contributed by atoms with E-state index in [0.29, 0.717) is 0 Å². The van der Waals surface area contributed by atoms with Crippen LogP contribution in [0.1, 0.15) is 6.92 Å². The van der Waals surface area contributed by atoms with Crippen molar-refractivity contribution < 1.29 is 13.5 Å². The Kier molecular flexibility index (Phi) is 3.65. The predicted octanol–water partition coefficient (Wildman–Crippen LogP) is 1.30. The number of halogens is 2. The highest BCUT2D eigenvalue weighted by Gasteiger charge is 2.11. The van der Waals surface area contributed by atoms with Crippen LogP contribution in [0.25, 0.3) is 0 Å². The van der Waals surface area contributed by atoms with Gasteiger partial charge in [-0.15, -0.1) is 0 Å². The molecule has 0 unspecified atom stereocenters. The van der Waals surface area contributed by atoms with Gasteiger partial charge in [-0.3, -0.25) is 9.64 Å². The van der Waals surface area contributed by atoms with Crippen molar-refractivity contribution in [3.8, 4) is 0 Å². The summed E-state index contributed by atoms with van der Waals surface area (Å²) in [5.41, 5.74) is 0. The van der Waals surface area contributed by atoms with E-state index in [2.05, 4.69) is 4.74 Å². The van der Waals surface area contributed by atoms with Gasteiger partial charge in [0.05, 0.1) is 0 Å². The van der Waals surface area contributed by atoms with Gasteiger partial charge in [-0.25, -0.2) is 0 Å². The first-order chi connectivity index (χ1) is 4.04. The van der Waals surface area contributed by atoms with Crippen LogP contribution < -0.4 is 0 Å². The molecule has 0 aromatic heterocycles. The number of hydrogen-bond donors (Lipinski definition) is 0. The molecule has 0 aromatic carbocycles. The van der Waals surface area contributed by atoms with Gasteiger partial charge < -0.3 is 0 Å². The second-order valence-corrected chi connectivity index (χ2v) is 1.79. The molecule has 0 atom stereocenters. The zero-order valence-corrected chi connectivity index (χ0v) is 5.69. The highest BCUT2D eigenvalue weighted by atomic mass is 19.3. The molecule has 0 saturated heterocycles. The van der Waals surface area contributed by atoms with Gasteiger partial charge >= 0.3 is 6.61 Å². The molecular weight excluding hydrogens is 128 g/mol. The van der Waals surface area contributed by atoms with Crippen molar-refractivity contribution in [2.24, 2.45) is 0 Å². The number of alkyl halides is 2. The summed E-state index contributed by atoms with van der Waals surface area (Å²) in [5, 5.41) is 0. The molecule has 9 heavy (non-hydrogen) atoms. The van der Waals surface area contributed by atoms with Gasteiger partial charge in [0.1, 0.15) is 0 Å². The average molecular weight is 138 g/mol. The molecule has 2 nitrogen and oxygen atoms in total. The molecule has 0 heterocycles. The second kappa shape index (κ2) is 3.74. The molecule has 4 heteroatoms. The third kappa shape index (κ3) is 4.29. The van der Waals surface area contributed by atoms with Crippen LogP contribution in [-0.4, -0.2) is 25.6 Å². The molecule has 0 aliphatic carbocycles. The zero-order chi connectivity index (χ0) is 7.44. The van der Waals surface area contributed by atoms with Gasteiger partial charge in [-0.2, -0.15) is 8.78 Å². The maximum atomic E-state index is 11.4. The van der Waals surface area contributed by atoms with Crippen molar-refractivity contribution in [3.05, 3.63) is 6.23 Å². The minimum atomic E-state index is -2.72. The van der Waals surface area contributed by atoms with Crippen molar-refractivity contribution >= 4 is 0 Å². The average Bonchev–Trinajstić information content (AvgIpc) is 1.63. The van der Waals surface area contributed by atoms with E-state index < -0.39 is 6.61 Å². The minimum Gasteiger partial charge on any atom is -0.297 e. The monoisotopic (exact) mass is 138 g/mol. The van der Waals surface area contributed by atoms with E-state index in [9.17, 15) is 8.78 Å². The summed E-state index contributed by atoms with van der Waals surface area (Å²) in [6.45, 7) is -1.24. The van der Waals surface area contributed by atoms with E-state index in [4.69, 9.17) is 0 Å². The lowest BCUT2D eigenvalue weighted by Gasteiger charge is -2.17. The van der Waals surface area contributed by atoms with Crippen LogP contribution in [0.2, 0.25) is 0 Å². The van der Waals surface area contributed by atoms with Crippen LogP contribution in [0, 0.1) is 6.23 Å². The molecule has 55 valence electrons. The molecule has 0 amide bonds. The standard InChI is InChI=1S/C5H10F2NO/c1-4(8(2)3)9-5(6)7/h5H,1-3H3. The molecule has 0 aliphatic heterocycles. The minimum absolute atomic E-state index is 0.213. The van der Waals surface area contributed by atoms with E-state index in [1.807, 2.05) is 0 Å². The highest BCUT2D eigenvalue weighted by molar-refractivity contribution is 4.64. The van der Waals surface area contributed by atoms with E-state index in [1.54, 1.807) is 14.1 Å². The van der Waals surface area contributed by atoms with Gasteiger partial charge in [0, 0.05) is 0 Å². The van der Waals surface area contributed by atoms with Crippen molar-refractivity contribution in [1.82, 2.24) is 4.90 Å². The Bertz CT molecular complexity index is 77.4. The Morgan fingerprint density at radius 1 is 1.44 bits per heavy atom. The fraction of sp³-hybridized carbons (Fsp3) is 0.800. The maximum absolute atomic E-state index is 11.4. The summed E-state index contributed by atoms with van der Waals surface area (Å²) in [7, 11) is 3.27. The molecule has 1 radical (unpaired) electrons. The topological polar surface area (TPSA) is 12.5 Å². The number of hydrogen-bond acceptors (Lipinski definition) is 2. The summed E-state index contributed by atoms with van der Waals surface area (Å²) < 4.78 is 26.8. The molecule has 0 saturated carbocycles. The fourth-order valence-electron chi connectivity index (χ4n) is 0.234. The molecule has 0 aromatic rings. The number of rotatable bonds is 3. The smallest absolute Gasteiger partial charge is 0.297 e. The number of ether oxygens (including phenoxy) is 1. The van der Waals surface area contributed by atoms with Crippen LogP contribution in [-0.2, 0) is 4.74 Å². The quantitative estimate of drug-likeness (QED) is 0.582. The maximum Gasteiger partial charge on any atom is 0.347 e. The highest BCUT2D eigenvalue weighted by Crippen LogP contribution is 2.08. The lowest BCUT2D eigenvalue weighted by molar-refractivity contribution is -0.143. The van der Waals surface area contributed by atoms with Gasteiger partial charge in [0.25, 0.3) is 0 Å². The Morgan fingerprint density at radius 3 is 2.00 bits per heavy atom. The normalized spacial score (nSPS) is 12.0. The van der Waals surface area contributed by atoms with E-state index in [0.717, 1.165) is 0 Å². The van der Waals surface area contributed by atoms with E-state index in [1.165, 1.54) is 11.8 Å². The lowest BCUT2D eigenvalue weighted by Crippen LogP contribution is -2.21. The molecule has 0 bridgehead atoms. The Hall–Kier alpha value is -0.220. The summed E-state index contributed by atoms with van der Waals surface area (Å²) in [5.74, 6) is 0. The first kappa shape index (κ1) is 8.78. The molecule has 0 rings (SSSR count). The first-order valence-corrected chi connectivity index (χ1v) is 2.49. The van der Waals surface area contributed by atoms with E-state index in [-0.39, 0.29) is 6.23 Å². The zero-order valence-electron chi connectivity index (χ0n) is 5.69. The van der Waals surface area contributed by atoms with Crippen LogP contribution >= 0.6 is 0 Å². The van der Waals surface area contributed by atoms with Crippen molar-refractivity contribution in [3.63, 3.8) is 0 Å². The Balaban J connectivity index is 3.38. The van der Waals surface area contributed by atoms with Crippen LogP contribution in [0.3, 0.4) is 0 Å². The molecule has 0 N–H and O–H groups in total. The molecular formula is C5H10F2NO. The van der Waals surface area contributed by atoms with Crippen LogP contribution in [0.5, 0.6) is 0 Å². The Labute approximate surface area is 53.4 Å². The number of nitrogens with zero attached hydrogens (tertiary/aromatic N) is 1. The van der Waals surface area contributed by atoms with Gasteiger partial charge in [0.2, 0.25) is 0 Å². The molecule has 0 spiro atoms. The van der Waals surface area contributed by atoms with Gasteiger partial charge in [-0.05, 0) is 21.0 Å². The lowest BCUT2D eigenvalue weighted by atomic mass is 10.6. The fourth-order valence-corrected chi connectivity index (χ4v) is 0.234. The van der Waals surface area contributed by atoms with E-state index >= 15 is 0 Å². The summed E-state index contributed by atoms with van der Waals surface area (Å²) in [6.07, 6.45) is 0.213. The van der Waals surface area contributed by atoms with Crippen molar-refractivity contribution in [1.29, 1.82) is 0 Å². The van der Waals surface area contributed by atoms with Crippen molar-refractivity contribution in [2.75, 3.05) is 14.1 Å². The summed E-state index contributed by atoms with van der Waals surface area (Å²) in [6, 6.07) is 0. The summed E-state index contributed by atoms with van der Waals surface area (Å²) in [4.78, 5) is 1.48. The second-order valence-electron chi connectivity index (χ2n) is 1.79. The van der Waals surface area contributed by atoms with Crippen molar-refractivity contribution in [2.45, 2.75) is 13.5 Å². The van der Waals surface area contributed by atoms with Gasteiger partial charge in [0.15, 0.2) is 6.23 Å². The Morgan fingerprint density at radius 2 is 1.89 bits per heavy atom. The summed E-state index contributed by atoms with van der Waals surface area (Å²) >= 11 is 0. The molecule has 0 fully saturated rings. The van der Waals surface area contributed by atoms with Gasteiger partial charge in [-0.1, -0.05) is 0 Å². The van der Waals surface area contributed by atoms with Crippen LogP contribution in [0.4, 0.5) is 8.78 Å². The SMILES string of the molecule is C[C](OC(F)F)N(C)C. The predicted molar refractivity (Wildman–Crippen MR) is 29.7 cm³/mol. The first-order valence-electron chi connectivity index (χ1n) is 2.49. The largest absolute Gasteiger partial charge is 0.347 e. The van der Waals surface area contributed by atoms with Crippen LogP contribution in [0.15, 0.2) is 0 Å². The third-order valence-corrected chi connectivity index (χ3v) is 0.889.